The van der Waals surface area contributed by atoms with Crippen LogP contribution in [0.3, 0.4) is 0 Å². The predicted octanol–water partition coefficient (Wildman–Crippen LogP) is 2.86. The summed E-state index contributed by atoms with van der Waals surface area (Å²) in [5.74, 6) is 2.69. The van der Waals surface area contributed by atoms with Crippen molar-refractivity contribution < 1.29 is 0 Å². The zero-order valence-corrected chi connectivity index (χ0v) is 14.8. The van der Waals surface area contributed by atoms with Gasteiger partial charge in [-0.3, -0.25) is 0 Å². The third-order valence-corrected chi connectivity index (χ3v) is 4.94. The van der Waals surface area contributed by atoms with Crippen LogP contribution in [-0.4, -0.2) is 40.1 Å². The zero-order valence-electron chi connectivity index (χ0n) is 13.9. The van der Waals surface area contributed by atoms with Crippen LogP contribution >= 0.6 is 11.8 Å². The summed E-state index contributed by atoms with van der Waals surface area (Å²) in [7, 11) is 0. The second-order valence-corrected chi connectivity index (χ2v) is 8.64. The van der Waals surface area contributed by atoms with Crippen molar-refractivity contribution in [3.8, 4) is 0 Å². The molecule has 0 aromatic carbocycles. The van der Waals surface area contributed by atoms with Crippen molar-refractivity contribution in [2.75, 3.05) is 30.3 Å². The van der Waals surface area contributed by atoms with Gasteiger partial charge in [0.15, 0.2) is 0 Å². The Hall–Kier alpha value is -0.810. The first-order valence-corrected chi connectivity index (χ1v) is 8.78. The van der Waals surface area contributed by atoms with Gasteiger partial charge in [0.2, 0.25) is 5.95 Å². The minimum absolute atomic E-state index is 0.285. The minimum Gasteiger partial charge on any atom is -0.339 e. The number of rotatable bonds is 5. The third-order valence-electron chi connectivity index (χ3n) is 3.64. The molecule has 5 heteroatoms. The van der Waals surface area contributed by atoms with E-state index in [4.69, 9.17) is 4.98 Å². The van der Waals surface area contributed by atoms with Crippen molar-refractivity contribution in [1.29, 1.82) is 0 Å². The average molecular weight is 308 g/mol. The van der Waals surface area contributed by atoms with Crippen molar-refractivity contribution in [2.45, 2.75) is 45.9 Å². The molecule has 4 nitrogen and oxygen atoms in total. The smallest absolute Gasteiger partial charge is 0.225 e. The van der Waals surface area contributed by atoms with E-state index in [-0.39, 0.29) is 4.75 Å². The van der Waals surface area contributed by atoms with E-state index in [1.54, 1.807) is 0 Å². The molecule has 0 spiro atoms. The first-order valence-electron chi connectivity index (χ1n) is 7.79. The zero-order chi connectivity index (χ0) is 15.5. The Kier molecular flexibility index (Phi) is 5.49. The van der Waals surface area contributed by atoms with Gasteiger partial charge in [-0.2, -0.15) is 11.8 Å². The Morgan fingerprint density at radius 1 is 1.43 bits per heavy atom. The second-order valence-electron chi connectivity index (χ2n) is 6.84. The van der Waals surface area contributed by atoms with Crippen LogP contribution in [0.2, 0.25) is 0 Å². The number of aromatic nitrogens is 2. The van der Waals surface area contributed by atoms with E-state index in [1.807, 2.05) is 18.0 Å². The molecule has 1 aromatic heterocycles. The fourth-order valence-corrected chi connectivity index (χ4v) is 3.60. The summed E-state index contributed by atoms with van der Waals surface area (Å²) < 4.78 is 0.285. The van der Waals surface area contributed by atoms with Gasteiger partial charge in [0, 0.05) is 47.6 Å². The van der Waals surface area contributed by atoms with Gasteiger partial charge in [-0.15, -0.1) is 0 Å². The second kappa shape index (κ2) is 6.97. The molecule has 2 rings (SSSR count). The summed E-state index contributed by atoms with van der Waals surface area (Å²) in [6.45, 7) is 15.0. The number of hydrogen-bond donors (Lipinski definition) is 1. The molecule has 0 radical (unpaired) electrons. The quantitative estimate of drug-likeness (QED) is 0.906. The highest BCUT2D eigenvalue weighted by molar-refractivity contribution is 8.00. The van der Waals surface area contributed by atoms with Crippen LogP contribution in [0, 0.1) is 12.8 Å². The number of anilines is 1. The SMILES string of the molecule is Cc1nc(N2CCSC(C)(C)C2)ncc1CNCC(C)C. The normalized spacial score (nSPS) is 18.3. The molecule has 0 amide bonds. The fourth-order valence-electron chi connectivity index (χ4n) is 2.49. The van der Waals surface area contributed by atoms with Crippen LogP contribution < -0.4 is 10.2 Å². The van der Waals surface area contributed by atoms with Crippen molar-refractivity contribution >= 4 is 17.7 Å². The summed E-state index contributed by atoms with van der Waals surface area (Å²) in [5, 5.41) is 3.46. The lowest BCUT2D eigenvalue weighted by molar-refractivity contribution is 0.550. The van der Waals surface area contributed by atoms with Crippen molar-refractivity contribution in [2.24, 2.45) is 5.92 Å². The van der Waals surface area contributed by atoms with Crippen LogP contribution in [0.1, 0.15) is 39.0 Å². The Balaban J connectivity index is 2.01. The highest BCUT2D eigenvalue weighted by atomic mass is 32.2. The van der Waals surface area contributed by atoms with E-state index < -0.39 is 0 Å². The minimum atomic E-state index is 0.285. The maximum atomic E-state index is 4.73. The standard InChI is InChI=1S/C16H28N4S/c1-12(2)8-17-9-14-10-18-15(19-13(14)3)20-6-7-21-16(4,5)11-20/h10,12,17H,6-9,11H2,1-5H3. The molecule has 0 bridgehead atoms. The monoisotopic (exact) mass is 308 g/mol. The molecule has 2 heterocycles. The highest BCUT2D eigenvalue weighted by Crippen LogP contribution is 2.31. The molecule has 0 unspecified atom stereocenters. The number of nitrogens with zero attached hydrogens (tertiary/aromatic N) is 3. The van der Waals surface area contributed by atoms with E-state index >= 15 is 0 Å². The summed E-state index contributed by atoms with van der Waals surface area (Å²) >= 11 is 2.03. The molecular weight excluding hydrogens is 280 g/mol. The molecule has 0 saturated carbocycles. The number of thioether (sulfide) groups is 1. The van der Waals surface area contributed by atoms with E-state index in [9.17, 15) is 0 Å². The predicted molar refractivity (Wildman–Crippen MR) is 92.1 cm³/mol. The Labute approximate surface area is 133 Å². The van der Waals surface area contributed by atoms with Gasteiger partial charge in [0.05, 0.1) is 0 Å². The number of nitrogens with one attached hydrogen (secondary N) is 1. The molecule has 1 aromatic rings. The van der Waals surface area contributed by atoms with E-state index in [0.717, 1.165) is 43.6 Å². The fraction of sp³-hybridized carbons (Fsp3) is 0.750. The van der Waals surface area contributed by atoms with Crippen LogP contribution in [-0.2, 0) is 6.54 Å². The lowest BCUT2D eigenvalue weighted by Crippen LogP contribution is -2.44. The van der Waals surface area contributed by atoms with Gasteiger partial charge in [0.1, 0.15) is 0 Å². The highest BCUT2D eigenvalue weighted by Gasteiger charge is 2.28. The molecule has 1 fully saturated rings. The summed E-state index contributed by atoms with van der Waals surface area (Å²) in [5.41, 5.74) is 2.29. The lowest BCUT2D eigenvalue weighted by atomic mass is 10.2. The Bertz CT molecular complexity index is 473. The van der Waals surface area contributed by atoms with Gasteiger partial charge in [-0.1, -0.05) is 13.8 Å². The molecular formula is C16H28N4S. The molecule has 1 saturated heterocycles. The Morgan fingerprint density at radius 3 is 2.81 bits per heavy atom. The molecule has 21 heavy (non-hydrogen) atoms. The largest absolute Gasteiger partial charge is 0.339 e. The first kappa shape index (κ1) is 16.6. The molecule has 1 N–H and O–H groups in total. The first-order chi connectivity index (χ1) is 9.87. The van der Waals surface area contributed by atoms with Gasteiger partial charge in [0.25, 0.3) is 0 Å². The van der Waals surface area contributed by atoms with Gasteiger partial charge >= 0.3 is 0 Å². The Morgan fingerprint density at radius 2 is 2.19 bits per heavy atom. The maximum absolute atomic E-state index is 4.73. The van der Waals surface area contributed by atoms with Crippen LogP contribution in [0.15, 0.2) is 6.20 Å². The summed E-state index contributed by atoms with van der Waals surface area (Å²) in [6.07, 6.45) is 1.99. The van der Waals surface area contributed by atoms with Gasteiger partial charge < -0.3 is 10.2 Å². The molecule has 0 aliphatic carbocycles. The molecule has 1 aliphatic rings. The lowest BCUT2D eigenvalue weighted by Gasteiger charge is -2.37. The van der Waals surface area contributed by atoms with E-state index in [1.165, 1.54) is 5.56 Å². The molecule has 118 valence electrons. The summed E-state index contributed by atoms with van der Waals surface area (Å²) in [4.78, 5) is 11.6. The third kappa shape index (κ3) is 4.85. The van der Waals surface area contributed by atoms with E-state index in [0.29, 0.717) is 5.92 Å². The number of aryl methyl sites for hydroxylation is 1. The summed E-state index contributed by atoms with van der Waals surface area (Å²) in [6, 6.07) is 0. The van der Waals surface area contributed by atoms with Crippen LogP contribution in [0.5, 0.6) is 0 Å². The molecule has 0 atom stereocenters. The van der Waals surface area contributed by atoms with Crippen LogP contribution in [0.25, 0.3) is 0 Å². The van der Waals surface area contributed by atoms with Gasteiger partial charge in [-0.25, -0.2) is 9.97 Å². The number of hydrogen-bond acceptors (Lipinski definition) is 5. The molecule has 1 aliphatic heterocycles. The topological polar surface area (TPSA) is 41.1 Å². The van der Waals surface area contributed by atoms with Crippen molar-refractivity contribution in [3.63, 3.8) is 0 Å². The van der Waals surface area contributed by atoms with Crippen LogP contribution in [0.4, 0.5) is 5.95 Å². The van der Waals surface area contributed by atoms with Crippen molar-refractivity contribution in [1.82, 2.24) is 15.3 Å². The maximum Gasteiger partial charge on any atom is 0.225 e. The van der Waals surface area contributed by atoms with E-state index in [2.05, 4.69) is 49.8 Å². The average Bonchev–Trinajstić information content (AvgIpc) is 2.39. The van der Waals surface area contributed by atoms with Gasteiger partial charge in [-0.05, 0) is 33.2 Å². The van der Waals surface area contributed by atoms with Crippen molar-refractivity contribution in [3.05, 3.63) is 17.5 Å².